The van der Waals surface area contributed by atoms with E-state index in [1.165, 1.54) is 0 Å². The minimum atomic E-state index is -1.69. The largest absolute Gasteiger partial charge is 0.415 e. The van der Waals surface area contributed by atoms with E-state index in [-0.39, 0.29) is 10.6 Å². The van der Waals surface area contributed by atoms with Crippen molar-refractivity contribution >= 4 is 8.32 Å². The van der Waals surface area contributed by atoms with E-state index in [0.29, 0.717) is 13.2 Å². The second kappa shape index (κ2) is 5.19. The number of aromatic nitrogens is 1. The van der Waals surface area contributed by atoms with Gasteiger partial charge < -0.3 is 8.99 Å². The Morgan fingerprint density at radius 1 is 1.29 bits per heavy atom. The maximum atomic E-state index is 11.5. The average Bonchev–Trinajstić information content (AvgIpc) is 2.19. The summed E-state index contributed by atoms with van der Waals surface area (Å²) in [6.45, 7) is 12.3. The smallest absolute Gasteiger partial charge is 0.250 e. The molecular weight excluding hydrogens is 230 g/mol. The van der Waals surface area contributed by atoms with Crippen LogP contribution in [0.2, 0.25) is 18.1 Å². The van der Waals surface area contributed by atoms with Gasteiger partial charge in [-0.2, -0.15) is 0 Å². The number of rotatable bonds is 4. The lowest BCUT2D eigenvalue weighted by Crippen LogP contribution is -2.41. The summed E-state index contributed by atoms with van der Waals surface area (Å²) >= 11 is 0. The predicted octanol–water partition coefficient (Wildman–Crippen LogP) is 2.87. The van der Waals surface area contributed by atoms with Gasteiger partial charge in [-0.25, -0.2) is 0 Å². The van der Waals surface area contributed by atoms with Crippen LogP contribution in [0.25, 0.3) is 0 Å². The zero-order chi connectivity index (χ0) is 13.1. The molecule has 96 valence electrons. The first-order chi connectivity index (χ1) is 7.74. The van der Waals surface area contributed by atoms with Crippen LogP contribution in [0.4, 0.5) is 0 Å². The summed E-state index contributed by atoms with van der Waals surface area (Å²) in [4.78, 5) is 11.5. The van der Waals surface area contributed by atoms with Crippen molar-refractivity contribution in [3.05, 3.63) is 34.7 Å². The highest BCUT2D eigenvalue weighted by atomic mass is 28.4. The first kappa shape index (κ1) is 14.2. The molecule has 1 rings (SSSR count). The molecule has 0 amide bonds. The lowest BCUT2D eigenvalue weighted by atomic mass is 10.2. The highest BCUT2D eigenvalue weighted by Crippen LogP contribution is 2.36. The number of hydrogen-bond donors (Lipinski definition) is 0. The molecule has 0 aliphatic heterocycles. The Kier molecular flexibility index (Phi) is 4.33. The molecule has 0 atom stereocenters. The van der Waals surface area contributed by atoms with Crippen molar-refractivity contribution in [3.63, 3.8) is 0 Å². The molecule has 1 aromatic rings. The molecule has 0 aromatic carbocycles. The lowest BCUT2D eigenvalue weighted by molar-refractivity contribution is 0.270. The zero-order valence-corrected chi connectivity index (χ0v) is 12.5. The molecule has 0 aliphatic rings. The third-order valence-corrected chi connectivity index (χ3v) is 8.04. The van der Waals surface area contributed by atoms with Gasteiger partial charge in [0, 0.05) is 18.8 Å². The lowest BCUT2D eigenvalue weighted by Gasteiger charge is -2.36. The van der Waals surface area contributed by atoms with Crippen molar-refractivity contribution in [1.29, 1.82) is 0 Å². The normalized spacial score (nSPS) is 12.8. The zero-order valence-electron chi connectivity index (χ0n) is 11.5. The Morgan fingerprint density at radius 3 is 2.47 bits per heavy atom. The van der Waals surface area contributed by atoms with E-state index in [0.717, 1.165) is 0 Å². The Bertz CT molecular complexity index is 418. The molecule has 3 nitrogen and oxygen atoms in total. The topological polar surface area (TPSA) is 31.2 Å². The average molecular weight is 253 g/mol. The van der Waals surface area contributed by atoms with Gasteiger partial charge in [0.2, 0.25) is 0 Å². The third kappa shape index (κ3) is 3.82. The number of hydrogen-bond acceptors (Lipinski definition) is 2. The van der Waals surface area contributed by atoms with Crippen molar-refractivity contribution in [2.75, 3.05) is 6.61 Å². The second-order valence-electron chi connectivity index (χ2n) is 5.84. The predicted molar refractivity (Wildman–Crippen MR) is 73.9 cm³/mol. The number of nitrogens with zero attached hydrogens (tertiary/aromatic N) is 1. The van der Waals surface area contributed by atoms with E-state index in [4.69, 9.17) is 4.43 Å². The fraction of sp³-hybridized carbons (Fsp3) is 0.615. The standard InChI is InChI=1S/C13H23NO2Si/c1-13(2,3)17(4,5)16-11-10-14-9-7-6-8-12(14)15/h6-9H,10-11H2,1-5H3. The van der Waals surface area contributed by atoms with Crippen molar-refractivity contribution in [2.24, 2.45) is 0 Å². The minimum Gasteiger partial charge on any atom is -0.415 e. The summed E-state index contributed by atoms with van der Waals surface area (Å²) < 4.78 is 7.72. The minimum absolute atomic E-state index is 0.0336. The van der Waals surface area contributed by atoms with Crippen LogP contribution in [0.5, 0.6) is 0 Å². The third-order valence-electron chi connectivity index (χ3n) is 3.50. The van der Waals surface area contributed by atoms with Crippen LogP contribution in [-0.2, 0) is 11.0 Å². The quantitative estimate of drug-likeness (QED) is 0.773. The molecule has 0 N–H and O–H groups in total. The van der Waals surface area contributed by atoms with Crippen LogP contribution in [-0.4, -0.2) is 19.5 Å². The summed E-state index contributed by atoms with van der Waals surface area (Å²) in [6.07, 6.45) is 1.80. The van der Waals surface area contributed by atoms with Gasteiger partial charge in [-0.3, -0.25) is 4.79 Å². The molecule has 0 fully saturated rings. The van der Waals surface area contributed by atoms with Crippen LogP contribution in [0.1, 0.15) is 20.8 Å². The maximum Gasteiger partial charge on any atom is 0.250 e. The van der Waals surface area contributed by atoms with Crippen LogP contribution in [0.3, 0.4) is 0 Å². The van der Waals surface area contributed by atoms with Crippen molar-refractivity contribution in [1.82, 2.24) is 4.57 Å². The van der Waals surface area contributed by atoms with Gasteiger partial charge in [0.15, 0.2) is 8.32 Å². The van der Waals surface area contributed by atoms with E-state index in [2.05, 4.69) is 33.9 Å². The van der Waals surface area contributed by atoms with E-state index < -0.39 is 8.32 Å². The molecule has 0 bridgehead atoms. The van der Waals surface area contributed by atoms with Crippen LogP contribution >= 0.6 is 0 Å². The highest BCUT2D eigenvalue weighted by Gasteiger charge is 2.36. The first-order valence-electron chi connectivity index (χ1n) is 6.03. The van der Waals surface area contributed by atoms with E-state index in [9.17, 15) is 4.79 Å². The van der Waals surface area contributed by atoms with Gasteiger partial charge in [-0.15, -0.1) is 0 Å². The van der Waals surface area contributed by atoms with Crippen LogP contribution in [0, 0.1) is 0 Å². The van der Waals surface area contributed by atoms with E-state index in [1.54, 1.807) is 22.9 Å². The molecule has 0 radical (unpaired) electrons. The van der Waals surface area contributed by atoms with Crippen LogP contribution in [0.15, 0.2) is 29.2 Å². The molecule has 4 heteroatoms. The molecular formula is C13H23NO2Si. The molecule has 1 heterocycles. The van der Waals surface area contributed by atoms with Gasteiger partial charge in [0.05, 0.1) is 6.61 Å². The Labute approximate surface area is 105 Å². The van der Waals surface area contributed by atoms with Gasteiger partial charge in [0.1, 0.15) is 0 Å². The van der Waals surface area contributed by atoms with Crippen LogP contribution < -0.4 is 5.56 Å². The van der Waals surface area contributed by atoms with Crippen molar-refractivity contribution in [3.8, 4) is 0 Å². The summed E-state index contributed by atoms with van der Waals surface area (Å²) in [7, 11) is -1.69. The first-order valence-corrected chi connectivity index (χ1v) is 8.94. The van der Waals surface area contributed by atoms with E-state index >= 15 is 0 Å². The molecule has 0 saturated carbocycles. The fourth-order valence-corrected chi connectivity index (χ4v) is 2.30. The van der Waals surface area contributed by atoms with Gasteiger partial charge in [-0.1, -0.05) is 26.8 Å². The maximum absolute atomic E-state index is 11.5. The molecule has 1 aromatic heterocycles. The van der Waals surface area contributed by atoms with E-state index in [1.807, 2.05) is 6.07 Å². The molecule has 17 heavy (non-hydrogen) atoms. The van der Waals surface area contributed by atoms with Gasteiger partial charge in [-0.05, 0) is 24.2 Å². The van der Waals surface area contributed by atoms with Crippen molar-refractivity contribution in [2.45, 2.75) is 45.4 Å². The summed E-state index contributed by atoms with van der Waals surface area (Å²) in [5, 5.41) is 0.217. The van der Waals surface area contributed by atoms with Crippen molar-refractivity contribution < 1.29 is 4.43 Å². The summed E-state index contributed by atoms with van der Waals surface area (Å²) in [5.41, 5.74) is 0.0336. The van der Waals surface area contributed by atoms with Gasteiger partial charge in [0.25, 0.3) is 5.56 Å². The molecule has 0 aliphatic carbocycles. The van der Waals surface area contributed by atoms with Gasteiger partial charge >= 0.3 is 0 Å². The SMILES string of the molecule is CC(C)(C)[Si](C)(C)OCCn1ccccc1=O. The second-order valence-corrected chi connectivity index (χ2v) is 10.7. The molecule has 0 unspecified atom stereocenters. The summed E-state index contributed by atoms with van der Waals surface area (Å²) in [5.74, 6) is 0. The Hall–Kier alpha value is -0.873. The molecule has 0 spiro atoms. The fourth-order valence-electron chi connectivity index (χ4n) is 1.26. The Balaban J connectivity index is 2.55. The summed E-state index contributed by atoms with van der Waals surface area (Å²) in [6, 6.07) is 5.20. The number of pyridine rings is 1. The highest BCUT2D eigenvalue weighted by molar-refractivity contribution is 6.74. The monoisotopic (exact) mass is 253 g/mol. The molecule has 0 saturated heterocycles. The Morgan fingerprint density at radius 2 is 1.94 bits per heavy atom.